The van der Waals surface area contributed by atoms with Crippen LogP contribution in [0.1, 0.15) is 20.3 Å². The fourth-order valence-corrected chi connectivity index (χ4v) is 0.937. The maximum absolute atomic E-state index is 11.4. The van der Waals surface area contributed by atoms with Gasteiger partial charge in [-0.25, -0.2) is 0 Å². The Bertz CT molecular complexity index is 241. The number of ketones is 1. The Morgan fingerprint density at radius 1 is 1.67 bits per heavy atom. The molecule has 1 aromatic rings. The molecule has 1 rings (SSSR count). The number of carbonyl (C=O) groups excluding carboxylic acids is 1. The van der Waals surface area contributed by atoms with E-state index in [0.29, 0.717) is 6.54 Å². The molecule has 0 saturated heterocycles. The number of carbonyl (C=O) groups is 1. The summed E-state index contributed by atoms with van der Waals surface area (Å²) in [5, 5.41) is 3.97. The third-order valence-electron chi connectivity index (χ3n) is 2.04. The Balaban J connectivity index is 2.47. The van der Waals surface area contributed by atoms with Crippen molar-refractivity contribution in [3.63, 3.8) is 0 Å². The fraction of sp³-hybridized carbons (Fsp3) is 0.556. The van der Waals surface area contributed by atoms with Crippen molar-refractivity contribution in [3.05, 3.63) is 18.5 Å². The van der Waals surface area contributed by atoms with Crippen molar-refractivity contribution in [1.82, 2.24) is 9.78 Å². The lowest BCUT2D eigenvalue weighted by Gasteiger charge is -2.06. The summed E-state index contributed by atoms with van der Waals surface area (Å²) in [7, 11) is 0. The summed E-state index contributed by atoms with van der Waals surface area (Å²) in [6, 6.07) is 1.82. The molecule has 0 saturated carbocycles. The van der Waals surface area contributed by atoms with E-state index in [4.69, 9.17) is 0 Å². The van der Waals surface area contributed by atoms with Crippen molar-refractivity contribution in [2.45, 2.75) is 26.8 Å². The van der Waals surface area contributed by atoms with Crippen LogP contribution in [0, 0.1) is 5.92 Å². The highest BCUT2D eigenvalue weighted by molar-refractivity contribution is 5.80. The average Bonchev–Trinajstić information content (AvgIpc) is 2.55. The molecule has 0 amide bonds. The molecule has 1 heterocycles. The molecule has 0 aromatic carbocycles. The van der Waals surface area contributed by atoms with Crippen molar-refractivity contribution in [3.8, 4) is 0 Å². The second-order valence-corrected chi connectivity index (χ2v) is 2.98. The molecule has 0 aliphatic heterocycles. The monoisotopic (exact) mass is 166 g/mol. The van der Waals surface area contributed by atoms with E-state index < -0.39 is 0 Å². The van der Waals surface area contributed by atoms with Gasteiger partial charge >= 0.3 is 0 Å². The van der Waals surface area contributed by atoms with E-state index in [0.717, 1.165) is 6.42 Å². The van der Waals surface area contributed by atoms with E-state index in [1.165, 1.54) is 0 Å². The topological polar surface area (TPSA) is 34.9 Å². The zero-order chi connectivity index (χ0) is 8.97. The quantitative estimate of drug-likeness (QED) is 0.679. The van der Waals surface area contributed by atoms with Crippen LogP contribution in [0.25, 0.3) is 0 Å². The van der Waals surface area contributed by atoms with E-state index in [1.54, 1.807) is 17.1 Å². The SMILES string of the molecule is CCC(C)C(=O)Cn1cccn1. The summed E-state index contributed by atoms with van der Waals surface area (Å²) in [5.74, 6) is 0.399. The minimum absolute atomic E-state index is 0.147. The highest BCUT2D eigenvalue weighted by atomic mass is 16.1. The number of rotatable bonds is 4. The van der Waals surface area contributed by atoms with Crippen molar-refractivity contribution < 1.29 is 4.79 Å². The molecule has 0 N–H and O–H groups in total. The number of nitrogens with zero attached hydrogens (tertiary/aromatic N) is 2. The molecular weight excluding hydrogens is 152 g/mol. The molecule has 3 heteroatoms. The van der Waals surface area contributed by atoms with Gasteiger partial charge in [0.25, 0.3) is 0 Å². The van der Waals surface area contributed by atoms with Gasteiger partial charge < -0.3 is 0 Å². The Morgan fingerprint density at radius 2 is 2.42 bits per heavy atom. The highest BCUT2D eigenvalue weighted by Gasteiger charge is 2.10. The molecule has 0 radical (unpaired) electrons. The second kappa shape index (κ2) is 4.04. The van der Waals surface area contributed by atoms with Crippen LogP contribution in [0.4, 0.5) is 0 Å². The second-order valence-electron chi connectivity index (χ2n) is 2.98. The smallest absolute Gasteiger partial charge is 0.157 e. The third kappa shape index (κ3) is 2.19. The van der Waals surface area contributed by atoms with Crippen molar-refractivity contribution in [2.75, 3.05) is 0 Å². The summed E-state index contributed by atoms with van der Waals surface area (Å²) >= 11 is 0. The van der Waals surface area contributed by atoms with Crippen LogP contribution in [0.3, 0.4) is 0 Å². The Morgan fingerprint density at radius 3 is 2.92 bits per heavy atom. The number of hydrogen-bond acceptors (Lipinski definition) is 2. The van der Waals surface area contributed by atoms with Gasteiger partial charge in [0, 0.05) is 18.3 Å². The fourth-order valence-electron chi connectivity index (χ4n) is 0.937. The average molecular weight is 166 g/mol. The van der Waals surface area contributed by atoms with Gasteiger partial charge in [0.15, 0.2) is 5.78 Å². The molecule has 1 atom stereocenters. The molecule has 1 unspecified atom stereocenters. The standard InChI is InChI=1S/C9H14N2O/c1-3-8(2)9(12)7-11-6-4-5-10-11/h4-6,8H,3,7H2,1-2H3. The molecule has 3 nitrogen and oxygen atoms in total. The number of Topliss-reactive ketones (excluding diaryl/α,β-unsaturated/α-hetero) is 1. The lowest BCUT2D eigenvalue weighted by Crippen LogP contribution is -2.17. The molecule has 0 fully saturated rings. The van der Waals surface area contributed by atoms with Gasteiger partial charge in [-0.3, -0.25) is 9.48 Å². The van der Waals surface area contributed by atoms with Crippen LogP contribution in [-0.2, 0) is 11.3 Å². The first-order valence-corrected chi connectivity index (χ1v) is 4.24. The lowest BCUT2D eigenvalue weighted by atomic mass is 10.0. The van der Waals surface area contributed by atoms with Gasteiger partial charge in [-0.15, -0.1) is 0 Å². The molecule has 0 spiro atoms. The van der Waals surface area contributed by atoms with Gasteiger partial charge in [0.2, 0.25) is 0 Å². The Kier molecular flexibility index (Phi) is 3.02. The first-order valence-electron chi connectivity index (χ1n) is 4.24. The number of aromatic nitrogens is 2. The third-order valence-corrected chi connectivity index (χ3v) is 2.04. The molecule has 1 aromatic heterocycles. The summed E-state index contributed by atoms with van der Waals surface area (Å²) in [6.07, 6.45) is 4.39. The van der Waals surface area contributed by atoms with Crippen LogP contribution in [-0.4, -0.2) is 15.6 Å². The maximum atomic E-state index is 11.4. The molecule has 0 bridgehead atoms. The molecule has 66 valence electrons. The van der Waals surface area contributed by atoms with Gasteiger partial charge in [-0.1, -0.05) is 13.8 Å². The van der Waals surface area contributed by atoms with Gasteiger partial charge in [0.05, 0.1) is 6.54 Å². The van der Waals surface area contributed by atoms with Gasteiger partial charge in [0.1, 0.15) is 0 Å². The Labute approximate surface area is 72.4 Å². The van der Waals surface area contributed by atoms with E-state index in [-0.39, 0.29) is 11.7 Å². The summed E-state index contributed by atoms with van der Waals surface area (Å²) in [5.41, 5.74) is 0. The number of hydrogen-bond donors (Lipinski definition) is 0. The van der Waals surface area contributed by atoms with E-state index in [2.05, 4.69) is 5.10 Å². The summed E-state index contributed by atoms with van der Waals surface area (Å²) < 4.78 is 1.66. The molecule has 12 heavy (non-hydrogen) atoms. The van der Waals surface area contributed by atoms with Gasteiger partial charge in [-0.05, 0) is 12.5 Å². The van der Waals surface area contributed by atoms with Crippen molar-refractivity contribution >= 4 is 5.78 Å². The first kappa shape index (κ1) is 8.97. The predicted molar refractivity (Wildman–Crippen MR) is 46.7 cm³/mol. The van der Waals surface area contributed by atoms with Crippen LogP contribution < -0.4 is 0 Å². The lowest BCUT2D eigenvalue weighted by molar-refractivity contribution is -0.123. The minimum atomic E-state index is 0.147. The van der Waals surface area contributed by atoms with Crippen LogP contribution in [0.2, 0.25) is 0 Å². The van der Waals surface area contributed by atoms with Crippen molar-refractivity contribution in [2.24, 2.45) is 5.92 Å². The van der Waals surface area contributed by atoms with Gasteiger partial charge in [-0.2, -0.15) is 5.10 Å². The zero-order valence-corrected chi connectivity index (χ0v) is 7.53. The minimum Gasteiger partial charge on any atom is -0.297 e. The first-order chi connectivity index (χ1) is 5.74. The molecule has 0 aliphatic rings. The predicted octanol–water partition coefficient (Wildman–Crippen LogP) is 1.50. The molecular formula is C9H14N2O. The zero-order valence-electron chi connectivity index (χ0n) is 7.53. The van der Waals surface area contributed by atoms with Crippen LogP contribution in [0.15, 0.2) is 18.5 Å². The largest absolute Gasteiger partial charge is 0.297 e. The van der Waals surface area contributed by atoms with E-state index >= 15 is 0 Å². The maximum Gasteiger partial charge on any atom is 0.157 e. The van der Waals surface area contributed by atoms with E-state index in [9.17, 15) is 4.79 Å². The van der Waals surface area contributed by atoms with Crippen LogP contribution >= 0.6 is 0 Å². The summed E-state index contributed by atoms with van der Waals surface area (Å²) in [6.45, 7) is 4.37. The highest BCUT2D eigenvalue weighted by Crippen LogP contribution is 2.03. The van der Waals surface area contributed by atoms with Crippen molar-refractivity contribution in [1.29, 1.82) is 0 Å². The van der Waals surface area contributed by atoms with Crippen LogP contribution in [0.5, 0.6) is 0 Å². The Hall–Kier alpha value is -1.12. The molecule has 0 aliphatic carbocycles. The summed E-state index contributed by atoms with van der Waals surface area (Å²) in [4.78, 5) is 11.4. The van der Waals surface area contributed by atoms with E-state index in [1.807, 2.05) is 19.9 Å². The normalized spacial score (nSPS) is 12.8.